The normalized spacial score (nSPS) is 12.9. The molecule has 0 radical (unpaired) electrons. The summed E-state index contributed by atoms with van der Waals surface area (Å²) in [5, 5.41) is 2.89. The third-order valence-electron chi connectivity index (χ3n) is 4.07. The highest BCUT2D eigenvalue weighted by molar-refractivity contribution is 6.04. The van der Waals surface area contributed by atoms with E-state index >= 15 is 0 Å². The maximum atomic E-state index is 12.5. The average Bonchev–Trinajstić information content (AvgIpc) is 2.69. The minimum absolute atomic E-state index is 0.0298. The van der Waals surface area contributed by atoms with Gasteiger partial charge in [0.15, 0.2) is 12.1 Å². The average molecular weight is 358 g/mol. The number of amides is 1. The molecule has 2 heterocycles. The maximum absolute atomic E-state index is 12.5. The van der Waals surface area contributed by atoms with Crippen LogP contribution in [0.3, 0.4) is 0 Å². The molecule has 0 saturated carbocycles. The maximum Gasteiger partial charge on any atom is 0.247 e. The summed E-state index contributed by atoms with van der Waals surface area (Å²) < 4.78 is 16.1. The van der Waals surface area contributed by atoms with E-state index in [4.69, 9.17) is 14.2 Å². The molecule has 1 aliphatic rings. The second kappa shape index (κ2) is 7.26. The van der Waals surface area contributed by atoms with Gasteiger partial charge in [-0.3, -0.25) is 14.5 Å². The Morgan fingerprint density at radius 2 is 1.85 bits per heavy atom. The fraction of sp³-hybridized carbons (Fsp3) is 0.294. The Morgan fingerprint density at radius 1 is 1.15 bits per heavy atom. The summed E-state index contributed by atoms with van der Waals surface area (Å²) in [5.41, 5.74) is 1.28. The number of nitrogens with one attached hydrogen (secondary N) is 1. The Morgan fingerprint density at radius 3 is 2.42 bits per heavy atom. The highest BCUT2D eigenvalue weighted by Gasteiger charge is 2.29. The van der Waals surface area contributed by atoms with Gasteiger partial charge in [0.05, 0.1) is 40.0 Å². The summed E-state index contributed by atoms with van der Waals surface area (Å²) in [7, 11) is 4.59. The predicted octanol–water partition coefficient (Wildman–Crippen LogP) is 1.27. The molecular weight excluding hydrogens is 340 g/mol. The van der Waals surface area contributed by atoms with Gasteiger partial charge in [0.1, 0.15) is 35.0 Å². The summed E-state index contributed by atoms with van der Waals surface area (Å²) in [6.45, 7) is 0.182. The minimum atomic E-state index is -0.201. The van der Waals surface area contributed by atoms with Crippen LogP contribution in [0, 0.1) is 0 Å². The molecule has 9 nitrogen and oxygen atoms in total. The highest BCUT2D eigenvalue weighted by Crippen LogP contribution is 2.37. The summed E-state index contributed by atoms with van der Waals surface area (Å²) >= 11 is 0. The van der Waals surface area contributed by atoms with Crippen molar-refractivity contribution in [3.63, 3.8) is 0 Å². The number of hydrogen-bond donors (Lipinski definition) is 1. The molecule has 26 heavy (non-hydrogen) atoms. The third kappa shape index (κ3) is 2.99. The van der Waals surface area contributed by atoms with Crippen molar-refractivity contribution in [2.24, 2.45) is 0 Å². The van der Waals surface area contributed by atoms with Crippen LogP contribution in [-0.2, 0) is 11.3 Å². The molecular formula is C17H18N4O5. The first-order valence-electron chi connectivity index (χ1n) is 7.76. The molecule has 2 aromatic rings. The zero-order valence-electron chi connectivity index (χ0n) is 14.6. The molecule has 0 fully saturated rings. The van der Waals surface area contributed by atoms with Crippen molar-refractivity contribution in [3.05, 3.63) is 29.7 Å². The van der Waals surface area contributed by atoms with Gasteiger partial charge in [-0.25, -0.2) is 9.97 Å². The van der Waals surface area contributed by atoms with Crippen LogP contribution in [0.15, 0.2) is 18.5 Å². The Bertz CT molecular complexity index is 830. The molecule has 136 valence electrons. The molecule has 1 aromatic heterocycles. The van der Waals surface area contributed by atoms with Crippen LogP contribution in [0.4, 0.5) is 11.5 Å². The lowest BCUT2D eigenvalue weighted by atomic mass is 10.1. The lowest BCUT2D eigenvalue weighted by Gasteiger charge is -2.30. The van der Waals surface area contributed by atoms with Crippen LogP contribution < -0.4 is 24.4 Å². The number of carbonyl (C=O) groups excluding carboxylic acids is 2. The Balaban J connectivity index is 2.07. The Labute approximate surface area is 149 Å². The molecule has 3 rings (SSSR count). The van der Waals surface area contributed by atoms with Gasteiger partial charge >= 0.3 is 0 Å². The third-order valence-corrected chi connectivity index (χ3v) is 4.07. The van der Waals surface area contributed by atoms with Crippen molar-refractivity contribution >= 4 is 23.7 Å². The quantitative estimate of drug-likeness (QED) is 0.770. The number of benzene rings is 1. The fourth-order valence-electron chi connectivity index (χ4n) is 2.79. The van der Waals surface area contributed by atoms with Gasteiger partial charge in [-0.05, 0) is 0 Å². The number of carbonyl (C=O) groups is 2. The van der Waals surface area contributed by atoms with Gasteiger partial charge in [0, 0.05) is 12.1 Å². The largest absolute Gasteiger partial charge is 0.496 e. The zero-order valence-corrected chi connectivity index (χ0v) is 14.6. The van der Waals surface area contributed by atoms with E-state index in [1.54, 1.807) is 19.2 Å². The molecule has 9 heteroatoms. The fourth-order valence-corrected chi connectivity index (χ4v) is 2.79. The van der Waals surface area contributed by atoms with Crippen LogP contribution in [0.5, 0.6) is 17.2 Å². The number of anilines is 2. The van der Waals surface area contributed by atoms with E-state index in [1.165, 1.54) is 25.4 Å². The van der Waals surface area contributed by atoms with E-state index in [1.807, 2.05) is 0 Å². The topological polar surface area (TPSA) is 103 Å². The summed E-state index contributed by atoms with van der Waals surface area (Å²) in [4.78, 5) is 33.3. The van der Waals surface area contributed by atoms with Gasteiger partial charge in [0.2, 0.25) is 5.91 Å². The Hall–Kier alpha value is -3.36. The summed E-state index contributed by atoms with van der Waals surface area (Å²) in [6.07, 6.45) is 1.87. The monoisotopic (exact) mass is 358 g/mol. The van der Waals surface area contributed by atoms with E-state index in [9.17, 15) is 9.59 Å². The number of nitrogens with zero attached hydrogens (tertiary/aromatic N) is 3. The molecule has 1 amide bonds. The summed E-state index contributed by atoms with van der Waals surface area (Å²) in [5.74, 6) is 1.73. The molecule has 0 bridgehead atoms. The number of ether oxygens (including phenoxy) is 3. The number of methoxy groups -OCH3 is 3. The standard InChI is InChI=1S/C17H18N4O5/c1-24-10-4-13(25-2)11(14(5-10)26-3)7-21-15(23)6-18-16-12(8-22)19-9-20-17(16)21/h4-5,8-9,18H,6-7H2,1-3H3. The molecule has 0 spiro atoms. The van der Waals surface area contributed by atoms with Crippen LogP contribution in [-0.4, -0.2) is 50.0 Å². The van der Waals surface area contributed by atoms with E-state index in [0.29, 0.717) is 40.6 Å². The van der Waals surface area contributed by atoms with Crippen molar-refractivity contribution < 1.29 is 23.8 Å². The number of fused-ring (bicyclic) bond motifs is 1. The van der Waals surface area contributed by atoms with Gasteiger partial charge in [-0.15, -0.1) is 0 Å². The van der Waals surface area contributed by atoms with Crippen molar-refractivity contribution in [1.82, 2.24) is 9.97 Å². The van der Waals surface area contributed by atoms with Gasteiger partial charge in [-0.2, -0.15) is 0 Å². The first-order valence-corrected chi connectivity index (χ1v) is 7.76. The molecule has 1 N–H and O–H groups in total. The number of aldehydes is 1. The second-order valence-electron chi connectivity index (χ2n) is 5.42. The lowest BCUT2D eigenvalue weighted by Crippen LogP contribution is -2.40. The van der Waals surface area contributed by atoms with Crippen LogP contribution in [0.1, 0.15) is 16.1 Å². The minimum Gasteiger partial charge on any atom is -0.496 e. The molecule has 0 saturated heterocycles. The highest BCUT2D eigenvalue weighted by atomic mass is 16.5. The van der Waals surface area contributed by atoms with Gasteiger partial charge in [-0.1, -0.05) is 0 Å². The van der Waals surface area contributed by atoms with Crippen LogP contribution in [0.2, 0.25) is 0 Å². The summed E-state index contributed by atoms with van der Waals surface area (Å²) in [6, 6.07) is 3.42. The second-order valence-corrected chi connectivity index (χ2v) is 5.42. The molecule has 1 aliphatic heterocycles. The van der Waals surface area contributed by atoms with Gasteiger partial charge in [0.25, 0.3) is 0 Å². The molecule has 0 atom stereocenters. The first kappa shape index (κ1) is 17.5. The van der Waals surface area contributed by atoms with E-state index < -0.39 is 0 Å². The van der Waals surface area contributed by atoms with E-state index in [-0.39, 0.29) is 24.7 Å². The van der Waals surface area contributed by atoms with E-state index in [0.717, 1.165) is 0 Å². The number of aromatic nitrogens is 2. The first-order chi connectivity index (χ1) is 12.6. The van der Waals surface area contributed by atoms with E-state index in [2.05, 4.69) is 15.3 Å². The Kier molecular flexibility index (Phi) is 4.87. The van der Waals surface area contributed by atoms with Crippen molar-refractivity contribution in [3.8, 4) is 17.2 Å². The van der Waals surface area contributed by atoms with Crippen molar-refractivity contribution in [2.75, 3.05) is 38.1 Å². The zero-order chi connectivity index (χ0) is 18.7. The molecule has 0 unspecified atom stereocenters. The van der Waals surface area contributed by atoms with Crippen molar-refractivity contribution in [1.29, 1.82) is 0 Å². The lowest BCUT2D eigenvalue weighted by molar-refractivity contribution is -0.117. The number of hydrogen-bond acceptors (Lipinski definition) is 8. The van der Waals surface area contributed by atoms with Gasteiger partial charge < -0.3 is 19.5 Å². The van der Waals surface area contributed by atoms with Crippen LogP contribution in [0.25, 0.3) is 0 Å². The smallest absolute Gasteiger partial charge is 0.247 e. The van der Waals surface area contributed by atoms with Crippen molar-refractivity contribution in [2.45, 2.75) is 6.54 Å². The molecule has 0 aliphatic carbocycles. The van der Waals surface area contributed by atoms with Crippen LogP contribution >= 0.6 is 0 Å². The number of rotatable bonds is 6. The predicted molar refractivity (Wildman–Crippen MR) is 93.2 cm³/mol. The molecule has 1 aromatic carbocycles. The SMILES string of the molecule is COc1cc(OC)c(CN2C(=O)CNc3c(C=O)ncnc32)c(OC)c1.